The highest BCUT2D eigenvalue weighted by atomic mass is 16.2. The maximum Gasteiger partial charge on any atom is 0.263 e. The third kappa shape index (κ3) is 5.20. The van der Waals surface area contributed by atoms with Gasteiger partial charge in [0.15, 0.2) is 5.82 Å². The van der Waals surface area contributed by atoms with E-state index in [0.29, 0.717) is 5.82 Å². The molecular formula is C19H18N6O. The normalized spacial score (nSPS) is 11.3. The lowest BCUT2D eigenvalue weighted by atomic mass is 10.2. The highest BCUT2D eigenvalue weighted by molar-refractivity contribution is 5.82. The number of aryl methyl sites for hydroxylation is 1. The Hall–Kier alpha value is -3.61. The SMILES string of the molecule is Cc1ccc(/C=N/NC(=O)Cn2nnc(/C=C/c3ccccc3)n2)cc1. The van der Waals surface area contributed by atoms with Gasteiger partial charge < -0.3 is 0 Å². The molecule has 1 N–H and O–H groups in total. The Labute approximate surface area is 151 Å². The van der Waals surface area contributed by atoms with Crippen LogP contribution in [0.25, 0.3) is 12.2 Å². The minimum atomic E-state index is -0.329. The van der Waals surface area contributed by atoms with Gasteiger partial charge in [-0.3, -0.25) is 4.79 Å². The smallest absolute Gasteiger partial charge is 0.263 e. The lowest BCUT2D eigenvalue weighted by Gasteiger charge is -1.98. The maximum atomic E-state index is 11.9. The third-order valence-electron chi connectivity index (χ3n) is 3.46. The van der Waals surface area contributed by atoms with Crippen LogP contribution in [0.1, 0.15) is 22.5 Å². The van der Waals surface area contributed by atoms with Crippen LogP contribution in [0.2, 0.25) is 0 Å². The maximum absolute atomic E-state index is 11.9. The third-order valence-corrected chi connectivity index (χ3v) is 3.46. The van der Waals surface area contributed by atoms with Crippen LogP contribution in [0.4, 0.5) is 0 Å². The number of aromatic nitrogens is 4. The van der Waals surface area contributed by atoms with Crippen molar-refractivity contribution in [3.63, 3.8) is 0 Å². The van der Waals surface area contributed by atoms with E-state index < -0.39 is 0 Å². The summed E-state index contributed by atoms with van der Waals surface area (Å²) in [4.78, 5) is 13.1. The Morgan fingerprint density at radius 2 is 1.85 bits per heavy atom. The molecule has 0 saturated heterocycles. The van der Waals surface area contributed by atoms with Gasteiger partial charge in [-0.15, -0.1) is 10.2 Å². The van der Waals surface area contributed by atoms with Crippen LogP contribution in [0.3, 0.4) is 0 Å². The van der Waals surface area contributed by atoms with E-state index in [2.05, 4.69) is 25.9 Å². The van der Waals surface area contributed by atoms with Gasteiger partial charge in [0.1, 0.15) is 6.54 Å². The lowest BCUT2D eigenvalue weighted by Crippen LogP contribution is -2.24. The Kier molecular flexibility index (Phi) is 5.61. The monoisotopic (exact) mass is 346 g/mol. The van der Waals surface area contributed by atoms with Crippen molar-refractivity contribution in [2.24, 2.45) is 5.10 Å². The van der Waals surface area contributed by atoms with Gasteiger partial charge in [0.05, 0.1) is 6.21 Å². The molecule has 130 valence electrons. The Bertz CT molecular complexity index is 913. The second-order valence-corrected chi connectivity index (χ2v) is 5.63. The molecule has 7 nitrogen and oxygen atoms in total. The molecule has 3 aromatic rings. The fourth-order valence-electron chi connectivity index (χ4n) is 2.12. The molecule has 26 heavy (non-hydrogen) atoms. The van der Waals surface area contributed by atoms with E-state index >= 15 is 0 Å². The molecule has 0 aliphatic rings. The van der Waals surface area contributed by atoms with Crippen LogP contribution in [0.15, 0.2) is 59.7 Å². The Morgan fingerprint density at radius 3 is 2.62 bits per heavy atom. The predicted octanol–water partition coefficient (Wildman–Crippen LogP) is 2.30. The van der Waals surface area contributed by atoms with Crippen molar-refractivity contribution in [3.05, 3.63) is 77.1 Å². The summed E-state index contributed by atoms with van der Waals surface area (Å²) in [6.07, 6.45) is 5.21. The van der Waals surface area contributed by atoms with Crippen LogP contribution < -0.4 is 5.43 Å². The van der Waals surface area contributed by atoms with Crippen LogP contribution in [0.5, 0.6) is 0 Å². The van der Waals surface area contributed by atoms with E-state index in [-0.39, 0.29) is 12.5 Å². The number of hydrazone groups is 1. The average Bonchev–Trinajstić information content (AvgIpc) is 3.10. The number of amides is 1. The van der Waals surface area contributed by atoms with Crippen LogP contribution in [0, 0.1) is 6.92 Å². The number of tetrazole rings is 1. The summed E-state index contributed by atoms with van der Waals surface area (Å²) in [7, 11) is 0. The minimum absolute atomic E-state index is 0.0581. The van der Waals surface area contributed by atoms with Gasteiger partial charge in [-0.1, -0.05) is 66.2 Å². The van der Waals surface area contributed by atoms with E-state index in [1.807, 2.05) is 67.6 Å². The van der Waals surface area contributed by atoms with E-state index in [0.717, 1.165) is 11.1 Å². The number of hydrogen-bond donors (Lipinski definition) is 1. The van der Waals surface area contributed by atoms with Gasteiger partial charge in [-0.25, -0.2) is 5.43 Å². The predicted molar refractivity (Wildman–Crippen MR) is 100 cm³/mol. The molecule has 0 atom stereocenters. The average molecular weight is 346 g/mol. The zero-order chi connectivity index (χ0) is 18.2. The van der Waals surface area contributed by atoms with Gasteiger partial charge in [0.25, 0.3) is 5.91 Å². The van der Waals surface area contributed by atoms with Gasteiger partial charge >= 0.3 is 0 Å². The molecule has 3 rings (SSSR count). The first-order valence-electron chi connectivity index (χ1n) is 8.08. The first kappa shape index (κ1) is 17.2. The summed E-state index contributed by atoms with van der Waals surface area (Å²) in [6, 6.07) is 17.6. The minimum Gasteiger partial charge on any atom is -0.271 e. The number of nitrogens with one attached hydrogen (secondary N) is 1. The molecule has 0 bridgehead atoms. The number of hydrogen-bond acceptors (Lipinski definition) is 5. The van der Waals surface area contributed by atoms with Gasteiger partial charge in [-0.05, 0) is 29.3 Å². The quantitative estimate of drug-likeness (QED) is 0.548. The van der Waals surface area contributed by atoms with Crippen LogP contribution in [-0.2, 0) is 11.3 Å². The molecule has 1 amide bonds. The zero-order valence-electron chi connectivity index (χ0n) is 14.3. The molecule has 2 aromatic carbocycles. The molecule has 1 aromatic heterocycles. The Balaban J connectivity index is 1.51. The number of carbonyl (C=O) groups is 1. The highest BCUT2D eigenvalue weighted by Crippen LogP contribution is 2.03. The number of rotatable bonds is 6. The number of carbonyl (C=O) groups excluding carboxylic acids is 1. The molecule has 0 fully saturated rings. The standard InChI is InChI=1S/C19H18N6O/c1-15-7-9-17(10-8-15)13-20-22-19(26)14-25-23-18(21-24-25)12-11-16-5-3-2-4-6-16/h2-13H,14H2,1H3,(H,22,26)/b12-11+,20-13+. The lowest BCUT2D eigenvalue weighted by molar-refractivity contribution is -0.122. The van der Waals surface area contributed by atoms with Gasteiger partial charge in [0.2, 0.25) is 0 Å². The van der Waals surface area contributed by atoms with Crippen molar-refractivity contribution in [3.8, 4) is 0 Å². The molecule has 0 aliphatic heterocycles. The fraction of sp³-hybridized carbons (Fsp3) is 0.105. The molecule has 1 heterocycles. The summed E-state index contributed by atoms with van der Waals surface area (Å²) >= 11 is 0. The van der Waals surface area contributed by atoms with E-state index in [4.69, 9.17) is 0 Å². The molecule has 0 aliphatic carbocycles. The molecule has 0 radical (unpaired) electrons. The van der Waals surface area contributed by atoms with Crippen LogP contribution >= 0.6 is 0 Å². The van der Waals surface area contributed by atoms with Crippen molar-refractivity contribution < 1.29 is 4.79 Å². The molecule has 0 unspecified atom stereocenters. The molecule has 0 saturated carbocycles. The van der Waals surface area contributed by atoms with Gasteiger partial charge in [0, 0.05) is 0 Å². The summed E-state index contributed by atoms with van der Waals surface area (Å²) in [5.41, 5.74) is 5.55. The largest absolute Gasteiger partial charge is 0.271 e. The number of nitrogens with zero attached hydrogens (tertiary/aromatic N) is 5. The van der Waals surface area contributed by atoms with Crippen molar-refractivity contribution in [1.29, 1.82) is 0 Å². The summed E-state index contributed by atoms with van der Waals surface area (Å²) < 4.78 is 0. The van der Waals surface area contributed by atoms with Crippen molar-refractivity contribution >= 4 is 24.3 Å². The Morgan fingerprint density at radius 1 is 1.08 bits per heavy atom. The molecule has 0 spiro atoms. The van der Waals surface area contributed by atoms with E-state index in [1.54, 1.807) is 12.3 Å². The number of benzene rings is 2. The first-order valence-corrected chi connectivity index (χ1v) is 8.08. The zero-order valence-corrected chi connectivity index (χ0v) is 14.3. The summed E-state index contributed by atoms with van der Waals surface area (Å²) in [5.74, 6) is 0.106. The van der Waals surface area contributed by atoms with Crippen molar-refractivity contribution in [2.75, 3.05) is 0 Å². The van der Waals surface area contributed by atoms with Gasteiger partial charge in [-0.2, -0.15) is 9.90 Å². The van der Waals surface area contributed by atoms with Crippen molar-refractivity contribution in [2.45, 2.75) is 13.5 Å². The highest BCUT2D eigenvalue weighted by Gasteiger charge is 2.05. The first-order chi connectivity index (χ1) is 12.7. The molecule has 7 heteroatoms. The molecular weight excluding hydrogens is 328 g/mol. The topological polar surface area (TPSA) is 85.1 Å². The summed E-state index contributed by atoms with van der Waals surface area (Å²) in [5, 5.41) is 15.8. The second-order valence-electron chi connectivity index (χ2n) is 5.63. The fourth-order valence-corrected chi connectivity index (χ4v) is 2.12. The second kappa shape index (κ2) is 8.48. The van der Waals surface area contributed by atoms with Crippen LogP contribution in [-0.4, -0.2) is 32.3 Å². The van der Waals surface area contributed by atoms with E-state index in [9.17, 15) is 4.79 Å². The van der Waals surface area contributed by atoms with Crippen molar-refractivity contribution in [1.82, 2.24) is 25.6 Å². The van der Waals surface area contributed by atoms with E-state index in [1.165, 1.54) is 10.4 Å². The summed E-state index contributed by atoms with van der Waals surface area (Å²) in [6.45, 7) is 1.95.